The first-order valence-electron chi connectivity index (χ1n) is 8.27. The van der Waals surface area contributed by atoms with Gasteiger partial charge in [-0.25, -0.2) is 0 Å². The Bertz CT molecular complexity index is 406. The van der Waals surface area contributed by atoms with Crippen molar-refractivity contribution in [3.05, 3.63) is 29.8 Å². The molecule has 1 atom stereocenters. The van der Waals surface area contributed by atoms with Crippen LogP contribution in [-0.2, 0) is 5.41 Å². The Balaban J connectivity index is 2.36. The van der Waals surface area contributed by atoms with Crippen molar-refractivity contribution in [1.29, 1.82) is 0 Å². The van der Waals surface area contributed by atoms with Crippen LogP contribution < -0.4 is 10.1 Å². The first-order valence-corrected chi connectivity index (χ1v) is 8.27. The first kappa shape index (κ1) is 18.0. The van der Waals surface area contributed by atoms with Crippen molar-refractivity contribution >= 4 is 0 Å². The topological polar surface area (TPSA) is 21.3 Å². The van der Waals surface area contributed by atoms with Crippen molar-refractivity contribution in [1.82, 2.24) is 5.32 Å². The van der Waals surface area contributed by atoms with E-state index in [4.69, 9.17) is 4.74 Å². The van der Waals surface area contributed by atoms with Crippen LogP contribution in [0.25, 0.3) is 0 Å². The highest BCUT2D eigenvalue weighted by Crippen LogP contribution is 2.26. The Kier molecular flexibility index (Phi) is 7.24. The van der Waals surface area contributed by atoms with Gasteiger partial charge < -0.3 is 10.1 Å². The number of rotatable bonds is 8. The van der Waals surface area contributed by atoms with Gasteiger partial charge in [0.2, 0.25) is 0 Å². The summed E-state index contributed by atoms with van der Waals surface area (Å²) in [6, 6.07) is 8.50. The van der Waals surface area contributed by atoms with Gasteiger partial charge in [0.25, 0.3) is 0 Å². The van der Waals surface area contributed by atoms with Crippen molar-refractivity contribution in [3.63, 3.8) is 0 Å². The molecule has 120 valence electrons. The van der Waals surface area contributed by atoms with E-state index in [1.54, 1.807) is 0 Å². The van der Waals surface area contributed by atoms with Crippen LogP contribution in [-0.4, -0.2) is 19.2 Å². The van der Waals surface area contributed by atoms with Crippen LogP contribution >= 0.6 is 0 Å². The lowest BCUT2D eigenvalue weighted by atomic mass is 9.87. The number of hydrogen-bond donors (Lipinski definition) is 1. The average molecular weight is 291 g/mol. The van der Waals surface area contributed by atoms with Gasteiger partial charge in [-0.05, 0) is 61.9 Å². The maximum Gasteiger partial charge on any atom is 0.119 e. The molecule has 2 nitrogen and oxygen atoms in total. The van der Waals surface area contributed by atoms with E-state index >= 15 is 0 Å². The second-order valence-electron chi connectivity index (χ2n) is 7.45. The van der Waals surface area contributed by atoms with Crippen molar-refractivity contribution in [2.45, 2.75) is 65.9 Å². The van der Waals surface area contributed by atoms with Gasteiger partial charge in [-0.15, -0.1) is 0 Å². The molecule has 0 radical (unpaired) electrons. The van der Waals surface area contributed by atoms with Gasteiger partial charge in [-0.2, -0.15) is 0 Å². The molecule has 0 aromatic heterocycles. The molecule has 1 unspecified atom stereocenters. The minimum absolute atomic E-state index is 0.170. The third-order valence-corrected chi connectivity index (χ3v) is 3.55. The van der Waals surface area contributed by atoms with Crippen molar-refractivity contribution in [2.24, 2.45) is 5.92 Å². The summed E-state index contributed by atoms with van der Waals surface area (Å²) in [6.45, 7) is 15.5. The van der Waals surface area contributed by atoms with Gasteiger partial charge in [0.05, 0.1) is 6.10 Å². The van der Waals surface area contributed by atoms with Gasteiger partial charge in [0.15, 0.2) is 0 Å². The largest absolute Gasteiger partial charge is 0.491 e. The van der Waals surface area contributed by atoms with E-state index in [2.05, 4.69) is 71.1 Å². The first-order chi connectivity index (χ1) is 9.79. The molecule has 1 aromatic rings. The normalized spacial score (nSPS) is 13.5. The molecule has 0 fully saturated rings. The van der Waals surface area contributed by atoms with Crippen LogP contribution in [0.1, 0.15) is 59.9 Å². The standard InChI is InChI=1S/C19H33NO/c1-15(2)14-20-12-8-9-16(3)21-18-11-7-10-17(13-18)19(4,5)6/h7,10-11,13,15-16,20H,8-9,12,14H2,1-6H3. The van der Waals surface area contributed by atoms with Crippen molar-refractivity contribution in [3.8, 4) is 5.75 Å². The molecule has 2 heteroatoms. The zero-order valence-electron chi connectivity index (χ0n) is 14.7. The van der Waals surface area contributed by atoms with Gasteiger partial charge >= 0.3 is 0 Å². The van der Waals surface area contributed by atoms with Gasteiger partial charge in [-0.1, -0.05) is 46.8 Å². The average Bonchev–Trinajstić information content (AvgIpc) is 2.37. The Labute approximate surface area is 131 Å². The van der Waals surface area contributed by atoms with E-state index in [1.807, 2.05) is 0 Å². The van der Waals surface area contributed by atoms with Crippen LogP contribution in [0.15, 0.2) is 24.3 Å². The Hall–Kier alpha value is -1.02. The number of nitrogens with one attached hydrogen (secondary N) is 1. The molecule has 1 N–H and O–H groups in total. The van der Waals surface area contributed by atoms with Gasteiger partial charge in [-0.3, -0.25) is 0 Å². The molecular formula is C19H33NO. The molecule has 0 saturated carbocycles. The Morgan fingerprint density at radius 1 is 1.14 bits per heavy atom. The fraction of sp³-hybridized carbons (Fsp3) is 0.684. The molecule has 1 aromatic carbocycles. The van der Waals surface area contributed by atoms with E-state index in [1.165, 1.54) is 5.56 Å². The van der Waals surface area contributed by atoms with Crippen LogP contribution in [0.5, 0.6) is 5.75 Å². The molecule has 0 spiro atoms. The third-order valence-electron chi connectivity index (χ3n) is 3.55. The number of ether oxygens (including phenoxy) is 1. The fourth-order valence-corrected chi connectivity index (χ4v) is 2.23. The van der Waals surface area contributed by atoms with E-state index in [-0.39, 0.29) is 11.5 Å². The lowest BCUT2D eigenvalue weighted by molar-refractivity contribution is 0.207. The Morgan fingerprint density at radius 3 is 2.48 bits per heavy atom. The molecule has 0 amide bonds. The molecule has 0 aliphatic heterocycles. The highest BCUT2D eigenvalue weighted by Gasteiger charge is 2.14. The van der Waals surface area contributed by atoms with E-state index < -0.39 is 0 Å². The minimum atomic E-state index is 0.170. The predicted molar refractivity (Wildman–Crippen MR) is 92.2 cm³/mol. The molecule has 0 bridgehead atoms. The number of hydrogen-bond acceptors (Lipinski definition) is 2. The maximum absolute atomic E-state index is 6.05. The summed E-state index contributed by atoms with van der Waals surface area (Å²) in [5.74, 6) is 1.71. The fourth-order valence-electron chi connectivity index (χ4n) is 2.23. The molecule has 0 heterocycles. The smallest absolute Gasteiger partial charge is 0.119 e. The summed E-state index contributed by atoms with van der Waals surface area (Å²) in [5, 5.41) is 3.48. The zero-order chi connectivity index (χ0) is 15.9. The summed E-state index contributed by atoms with van der Waals surface area (Å²) in [7, 11) is 0. The Morgan fingerprint density at radius 2 is 1.86 bits per heavy atom. The van der Waals surface area contributed by atoms with Crippen LogP contribution in [0.3, 0.4) is 0 Å². The van der Waals surface area contributed by atoms with E-state index in [9.17, 15) is 0 Å². The summed E-state index contributed by atoms with van der Waals surface area (Å²) in [5.41, 5.74) is 1.49. The lowest BCUT2D eigenvalue weighted by Crippen LogP contribution is -2.22. The van der Waals surface area contributed by atoms with Gasteiger partial charge in [0, 0.05) is 0 Å². The van der Waals surface area contributed by atoms with Gasteiger partial charge in [0.1, 0.15) is 5.75 Å². The summed E-state index contributed by atoms with van der Waals surface area (Å²) in [6.07, 6.45) is 2.51. The van der Waals surface area contributed by atoms with E-state index in [0.29, 0.717) is 0 Å². The second kappa shape index (κ2) is 8.43. The van der Waals surface area contributed by atoms with Crippen LogP contribution in [0, 0.1) is 5.92 Å². The summed E-state index contributed by atoms with van der Waals surface area (Å²) < 4.78 is 6.05. The van der Waals surface area contributed by atoms with Crippen molar-refractivity contribution in [2.75, 3.05) is 13.1 Å². The summed E-state index contributed by atoms with van der Waals surface area (Å²) >= 11 is 0. The third kappa shape index (κ3) is 7.52. The lowest BCUT2D eigenvalue weighted by Gasteiger charge is -2.21. The predicted octanol–water partition coefficient (Wildman–Crippen LogP) is 4.78. The molecule has 0 aliphatic carbocycles. The number of benzene rings is 1. The molecule has 1 rings (SSSR count). The maximum atomic E-state index is 6.05. The molecular weight excluding hydrogens is 258 g/mol. The van der Waals surface area contributed by atoms with Crippen molar-refractivity contribution < 1.29 is 4.74 Å². The van der Waals surface area contributed by atoms with Crippen LogP contribution in [0.2, 0.25) is 0 Å². The second-order valence-corrected chi connectivity index (χ2v) is 7.45. The monoisotopic (exact) mass is 291 g/mol. The van der Waals surface area contributed by atoms with E-state index in [0.717, 1.165) is 37.6 Å². The quantitative estimate of drug-likeness (QED) is 0.696. The molecule has 0 saturated heterocycles. The molecule has 0 aliphatic rings. The summed E-state index contributed by atoms with van der Waals surface area (Å²) in [4.78, 5) is 0. The highest BCUT2D eigenvalue weighted by molar-refractivity contribution is 5.32. The highest BCUT2D eigenvalue weighted by atomic mass is 16.5. The van der Waals surface area contributed by atoms with Crippen LogP contribution in [0.4, 0.5) is 0 Å². The molecule has 21 heavy (non-hydrogen) atoms. The SMILES string of the molecule is CC(C)CNCCCC(C)Oc1cccc(C(C)(C)C)c1. The minimum Gasteiger partial charge on any atom is -0.491 e. The zero-order valence-corrected chi connectivity index (χ0v) is 14.7.